The maximum atomic E-state index is 12.2. The molecule has 0 saturated heterocycles. The van der Waals surface area contributed by atoms with Gasteiger partial charge in [-0.1, -0.05) is 0 Å². The number of allylic oxidation sites excluding steroid dienone is 1. The Kier molecular flexibility index (Phi) is 4.08. The normalized spacial score (nSPS) is 20.1. The number of imide groups is 1. The van der Waals surface area contributed by atoms with E-state index in [0.29, 0.717) is 16.3 Å². The van der Waals surface area contributed by atoms with Gasteiger partial charge in [0.2, 0.25) is 5.91 Å². The lowest BCUT2D eigenvalue weighted by molar-refractivity contribution is -0.126. The van der Waals surface area contributed by atoms with Gasteiger partial charge in [-0.25, -0.2) is 9.78 Å². The van der Waals surface area contributed by atoms with Crippen molar-refractivity contribution < 1.29 is 14.4 Å². The number of urea groups is 1. The molecule has 1 aromatic rings. The fourth-order valence-corrected chi connectivity index (χ4v) is 3.73. The van der Waals surface area contributed by atoms with Crippen LogP contribution >= 0.6 is 23.1 Å². The first-order valence-electron chi connectivity index (χ1n) is 6.52. The van der Waals surface area contributed by atoms with Gasteiger partial charge in [0.15, 0.2) is 0 Å². The lowest BCUT2D eigenvalue weighted by Crippen LogP contribution is -2.49. The molecule has 0 bridgehead atoms. The number of thiazole rings is 1. The van der Waals surface area contributed by atoms with E-state index in [9.17, 15) is 14.4 Å². The number of fused-ring (bicyclic) bond motifs is 1. The first kappa shape index (κ1) is 14.9. The first-order chi connectivity index (χ1) is 10.6. The fraction of sp³-hybridized carbons (Fsp3) is 0.308. The zero-order valence-corrected chi connectivity index (χ0v) is 13.2. The van der Waals surface area contributed by atoms with Crippen LogP contribution in [0.4, 0.5) is 4.79 Å². The molecule has 0 saturated carbocycles. The summed E-state index contributed by atoms with van der Waals surface area (Å²) in [4.78, 5) is 45.5. The van der Waals surface area contributed by atoms with Crippen molar-refractivity contribution in [3.8, 4) is 0 Å². The average molecular weight is 336 g/mol. The number of thioether (sulfide) groups is 1. The maximum absolute atomic E-state index is 12.2. The summed E-state index contributed by atoms with van der Waals surface area (Å²) in [6.07, 6.45) is 1.68. The Labute approximate surface area is 134 Å². The van der Waals surface area contributed by atoms with Gasteiger partial charge in [-0.05, 0) is 18.4 Å². The molecule has 3 heterocycles. The number of hydrogen-bond donors (Lipinski definition) is 1. The van der Waals surface area contributed by atoms with Crippen LogP contribution in [-0.4, -0.2) is 51.8 Å². The molecular formula is C13H12N4O3S2. The average Bonchev–Trinajstić information content (AvgIpc) is 3.10. The number of amides is 4. The van der Waals surface area contributed by atoms with Gasteiger partial charge in [-0.3, -0.25) is 14.5 Å². The lowest BCUT2D eigenvalue weighted by atomic mass is 10.2. The smallest absolute Gasteiger partial charge is 0.349 e. The van der Waals surface area contributed by atoms with Gasteiger partial charge in [0.1, 0.15) is 10.1 Å². The highest BCUT2D eigenvalue weighted by Gasteiger charge is 2.38. The molecule has 9 heteroatoms. The summed E-state index contributed by atoms with van der Waals surface area (Å²) in [5, 5.41) is 4.01. The van der Waals surface area contributed by atoms with E-state index in [0.717, 1.165) is 4.90 Å². The van der Waals surface area contributed by atoms with E-state index in [-0.39, 0.29) is 24.9 Å². The molecule has 0 aliphatic carbocycles. The Morgan fingerprint density at radius 1 is 1.45 bits per heavy atom. The highest BCUT2D eigenvalue weighted by atomic mass is 32.2. The number of aryl methyl sites for hydroxylation is 1. The van der Waals surface area contributed by atoms with E-state index in [4.69, 9.17) is 0 Å². The molecule has 0 spiro atoms. The number of nitrogens with zero attached hydrogens (tertiary/aromatic N) is 3. The van der Waals surface area contributed by atoms with Crippen molar-refractivity contribution in [2.45, 2.75) is 12.2 Å². The first-order valence-corrected chi connectivity index (χ1v) is 8.34. The second kappa shape index (κ2) is 6.01. The third-order valence-electron chi connectivity index (χ3n) is 3.24. The molecule has 0 fully saturated rings. The number of carbonyl (C=O) groups is 3. The van der Waals surface area contributed by atoms with Crippen LogP contribution in [0, 0.1) is 6.92 Å². The molecule has 0 aromatic carbocycles. The van der Waals surface area contributed by atoms with Gasteiger partial charge < -0.3 is 5.32 Å². The number of aromatic nitrogens is 1. The Morgan fingerprint density at radius 3 is 3.00 bits per heavy atom. The van der Waals surface area contributed by atoms with Gasteiger partial charge >= 0.3 is 6.03 Å². The Hall–Kier alpha value is -2.00. The van der Waals surface area contributed by atoms with Crippen LogP contribution in [0.1, 0.15) is 15.4 Å². The van der Waals surface area contributed by atoms with Crippen LogP contribution in [0.2, 0.25) is 0 Å². The summed E-state index contributed by atoms with van der Waals surface area (Å²) in [5.41, 5.74) is 2.76. The number of nitrogens with one attached hydrogen (secondary N) is 1. The molecule has 2 aliphatic heterocycles. The summed E-state index contributed by atoms with van der Waals surface area (Å²) < 4.78 is 0. The molecule has 4 amide bonds. The molecule has 1 N–H and O–H groups in total. The second-order valence-electron chi connectivity index (χ2n) is 4.65. The summed E-state index contributed by atoms with van der Waals surface area (Å²) in [6.45, 7) is 2.04. The molecule has 7 nitrogen and oxygen atoms in total. The zero-order chi connectivity index (χ0) is 15.7. The monoisotopic (exact) mass is 336 g/mol. The largest absolute Gasteiger partial charge is 0.350 e. The molecule has 0 radical (unpaired) electrons. The van der Waals surface area contributed by atoms with Crippen molar-refractivity contribution in [2.24, 2.45) is 4.99 Å². The molecule has 3 rings (SSSR count). The van der Waals surface area contributed by atoms with Crippen LogP contribution in [-0.2, 0) is 4.79 Å². The predicted octanol–water partition coefficient (Wildman–Crippen LogP) is 1.21. The SMILES string of the molecule is Cc1ncsc1C(=O)NCCN1C(=O)N=C2C=CSC2C1=O. The minimum Gasteiger partial charge on any atom is -0.349 e. The van der Waals surface area contributed by atoms with E-state index in [2.05, 4.69) is 15.3 Å². The van der Waals surface area contributed by atoms with Gasteiger partial charge in [-0.2, -0.15) is 4.99 Å². The quantitative estimate of drug-likeness (QED) is 0.892. The molecule has 114 valence electrons. The molecule has 1 atom stereocenters. The third kappa shape index (κ3) is 2.69. The van der Waals surface area contributed by atoms with Crippen LogP contribution in [0.3, 0.4) is 0 Å². The Morgan fingerprint density at radius 2 is 2.27 bits per heavy atom. The van der Waals surface area contributed by atoms with E-state index in [1.165, 1.54) is 23.1 Å². The zero-order valence-electron chi connectivity index (χ0n) is 11.6. The van der Waals surface area contributed by atoms with Crippen molar-refractivity contribution in [3.63, 3.8) is 0 Å². The number of aliphatic imine (C=N–C) groups is 1. The van der Waals surface area contributed by atoms with Crippen molar-refractivity contribution in [3.05, 3.63) is 27.6 Å². The van der Waals surface area contributed by atoms with E-state index < -0.39 is 11.3 Å². The van der Waals surface area contributed by atoms with E-state index >= 15 is 0 Å². The number of carbonyl (C=O) groups excluding carboxylic acids is 3. The van der Waals surface area contributed by atoms with Crippen LogP contribution in [0.15, 0.2) is 22.0 Å². The molecule has 2 aliphatic rings. The van der Waals surface area contributed by atoms with Crippen molar-refractivity contribution >= 4 is 46.7 Å². The maximum Gasteiger partial charge on any atom is 0.350 e. The predicted molar refractivity (Wildman–Crippen MR) is 84.2 cm³/mol. The van der Waals surface area contributed by atoms with Gasteiger partial charge in [0.25, 0.3) is 5.91 Å². The van der Waals surface area contributed by atoms with Crippen molar-refractivity contribution in [1.29, 1.82) is 0 Å². The van der Waals surface area contributed by atoms with Crippen LogP contribution in [0.5, 0.6) is 0 Å². The van der Waals surface area contributed by atoms with Gasteiger partial charge in [0, 0.05) is 13.1 Å². The van der Waals surface area contributed by atoms with E-state index in [1.807, 2.05) is 0 Å². The van der Waals surface area contributed by atoms with Crippen molar-refractivity contribution in [1.82, 2.24) is 15.2 Å². The standard InChI is InChI=1S/C13H12N4O3S2/c1-7-9(22-6-15-7)11(18)14-3-4-17-12(19)10-8(2-5-21-10)16-13(17)20/h2,5-6,10H,3-4H2,1H3,(H,14,18). The van der Waals surface area contributed by atoms with Gasteiger partial charge in [0.05, 0.1) is 16.9 Å². The summed E-state index contributed by atoms with van der Waals surface area (Å²) in [5.74, 6) is -0.536. The third-order valence-corrected chi connectivity index (χ3v) is 5.18. The van der Waals surface area contributed by atoms with Crippen molar-refractivity contribution in [2.75, 3.05) is 13.1 Å². The van der Waals surface area contributed by atoms with E-state index in [1.54, 1.807) is 23.9 Å². The highest BCUT2D eigenvalue weighted by molar-refractivity contribution is 8.04. The molecule has 1 aromatic heterocycles. The number of rotatable bonds is 4. The number of hydrogen-bond acceptors (Lipinski definition) is 6. The second-order valence-corrected chi connectivity index (χ2v) is 6.52. The minimum absolute atomic E-state index is 0.106. The topological polar surface area (TPSA) is 91.7 Å². The molecular weight excluding hydrogens is 324 g/mol. The van der Waals surface area contributed by atoms with Crippen LogP contribution in [0.25, 0.3) is 0 Å². The summed E-state index contributed by atoms with van der Waals surface area (Å²) in [6, 6.07) is -0.577. The Balaban J connectivity index is 1.58. The summed E-state index contributed by atoms with van der Waals surface area (Å²) >= 11 is 2.58. The van der Waals surface area contributed by atoms with Crippen LogP contribution < -0.4 is 5.32 Å². The Bertz CT molecular complexity index is 710. The molecule has 22 heavy (non-hydrogen) atoms. The molecule has 1 unspecified atom stereocenters. The minimum atomic E-state index is -0.577. The lowest BCUT2D eigenvalue weighted by Gasteiger charge is -2.25. The fourth-order valence-electron chi connectivity index (χ4n) is 2.12. The van der Waals surface area contributed by atoms with Gasteiger partial charge in [-0.15, -0.1) is 23.1 Å². The summed E-state index contributed by atoms with van der Waals surface area (Å²) in [7, 11) is 0. The highest BCUT2D eigenvalue weighted by Crippen LogP contribution is 2.27.